The fourth-order valence-corrected chi connectivity index (χ4v) is 3.35. The Kier molecular flexibility index (Phi) is 4.48. The second kappa shape index (κ2) is 6.34. The van der Waals surface area contributed by atoms with E-state index in [4.69, 9.17) is 33.5 Å². The summed E-state index contributed by atoms with van der Waals surface area (Å²) < 4.78 is 5.40. The molecule has 1 aliphatic carbocycles. The van der Waals surface area contributed by atoms with Gasteiger partial charge in [0.1, 0.15) is 0 Å². The minimum atomic E-state index is 0.233. The highest BCUT2D eigenvalue weighted by atomic mass is 35.5. The molecule has 0 spiro atoms. The molecule has 112 valence electrons. The molecule has 1 aliphatic rings. The van der Waals surface area contributed by atoms with Crippen LogP contribution in [0.2, 0.25) is 10.0 Å². The van der Waals surface area contributed by atoms with E-state index in [1.54, 1.807) is 0 Å². The highest BCUT2D eigenvalue weighted by Gasteiger charge is 2.25. The van der Waals surface area contributed by atoms with Crippen LogP contribution in [0.3, 0.4) is 0 Å². The molecule has 3 rings (SSSR count). The number of benzene rings is 1. The minimum Gasteiger partial charge on any atom is -0.339 e. The normalized spacial score (nSPS) is 22.4. The van der Waals surface area contributed by atoms with Crippen molar-refractivity contribution in [1.82, 2.24) is 10.1 Å². The van der Waals surface area contributed by atoms with Crippen molar-refractivity contribution in [3.05, 3.63) is 45.5 Å². The molecule has 0 bridgehead atoms. The second-order valence-corrected chi connectivity index (χ2v) is 6.36. The lowest BCUT2D eigenvalue weighted by Gasteiger charge is -2.23. The maximum atomic E-state index is 6.17. The molecule has 1 aromatic heterocycles. The van der Waals surface area contributed by atoms with Crippen LogP contribution in [0.5, 0.6) is 0 Å². The molecule has 21 heavy (non-hydrogen) atoms. The van der Waals surface area contributed by atoms with Crippen LogP contribution < -0.4 is 5.73 Å². The molecule has 0 amide bonds. The molecule has 6 heteroatoms. The van der Waals surface area contributed by atoms with E-state index in [2.05, 4.69) is 10.1 Å². The molecule has 0 saturated heterocycles. The summed E-state index contributed by atoms with van der Waals surface area (Å²) in [5.41, 5.74) is 6.84. The first kappa shape index (κ1) is 14.8. The SMILES string of the molecule is NC1CCCC(c2nc(Cc3c(Cl)cccc3Cl)no2)C1. The number of aromatic nitrogens is 2. The van der Waals surface area contributed by atoms with Gasteiger partial charge in [-0.3, -0.25) is 0 Å². The zero-order chi connectivity index (χ0) is 14.8. The zero-order valence-electron chi connectivity index (χ0n) is 11.6. The van der Waals surface area contributed by atoms with E-state index in [0.717, 1.165) is 31.2 Å². The van der Waals surface area contributed by atoms with E-state index in [1.807, 2.05) is 18.2 Å². The van der Waals surface area contributed by atoms with Crippen molar-refractivity contribution in [2.24, 2.45) is 5.73 Å². The van der Waals surface area contributed by atoms with Crippen LogP contribution in [0, 0.1) is 0 Å². The maximum Gasteiger partial charge on any atom is 0.229 e. The standard InChI is InChI=1S/C15H17Cl2N3O/c16-12-5-2-6-13(17)11(12)8-14-19-15(21-20-14)9-3-1-4-10(18)7-9/h2,5-6,9-10H,1,3-4,7-8,18H2. The van der Waals surface area contributed by atoms with Crippen LogP contribution in [0.4, 0.5) is 0 Å². The molecule has 1 saturated carbocycles. The maximum absolute atomic E-state index is 6.17. The fourth-order valence-electron chi connectivity index (χ4n) is 2.82. The Labute approximate surface area is 133 Å². The van der Waals surface area contributed by atoms with Gasteiger partial charge < -0.3 is 10.3 Å². The summed E-state index contributed by atoms with van der Waals surface area (Å²) in [4.78, 5) is 4.50. The monoisotopic (exact) mass is 325 g/mol. The lowest BCUT2D eigenvalue weighted by Crippen LogP contribution is -2.26. The van der Waals surface area contributed by atoms with Gasteiger partial charge in [-0.25, -0.2) is 0 Å². The Bertz CT molecular complexity index is 609. The number of halogens is 2. The number of hydrogen-bond acceptors (Lipinski definition) is 4. The highest BCUT2D eigenvalue weighted by Crippen LogP contribution is 2.32. The average Bonchev–Trinajstić information content (AvgIpc) is 2.92. The zero-order valence-corrected chi connectivity index (χ0v) is 13.1. The Morgan fingerprint density at radius 3 is 2.71 bits per heavy atom. The summed E-state index contributed by atoms with van der Waals surface area (Å²) in [7, 11) is 0. The molecule has 0 aliphatic heterocycles. The average molecular weight is 326 g/mol. The Morgan fingerprint density at radius 2 is 2.00 bits per heavy atom. The van der Waals surface area contributed by atoms with Crippen molar-refractivity contribution in [2.75, 3.05) is 0 Å². The first-order chi connectivity index (χ1) is 10.1. The smallest absolute Gasteiger partial charge is 0.229 e. The van der Waals surface area contributed by atoms with Crippen LogP contribution in [0.1, 0.15) is 48.9 Å². The Balaban J connectivity index is 1.76. The summed E-state index contributed by atoms with van der Waals surface area (Å²) in [5, 5.41) is 5.29. The van der Waals surface area contributed by atoms with Crippen LogP contribution in [-0.4, -0.2) is 16.2 Å². The number of hydrogen-bond donors (Lipinski definition) is 1. The van der Waals surface area contributed by atoms with Crippen molar-refractivity contribution in [2.45, 2.75) is 44.1 Å². The Morgan fingerprint density at radius 1 is 1.24 bits per heavy atom. The molecule has 0 radical (unpaired) electrons. The van der Waals surface area contributed by atoms with Gasteiger partial charge in [0.05, 0.1) is 0 Å². The molecule has 4 nitrogen and oxygen atoms in total. The number of nitrogens with two attached hydrogens (primary N) is 1. The molecule has 1 aromatic carbocycles. The van der Waals surface area contributed by atoms with Crippen LogP contribution >= 0.6 is 23.2 Å². The Hall–Kier alpha value is -1.10. The molecule has 2 unspecified atom stereocenters. The third-order valence-electron chi connectivity index (χ3n) is 3.94. The van der Waals surface area contributed by atoms with Crippen LogP contribution in [-0.2, 0) is 6.42 Å². The van der Waals surface area contributed by atoms with Gasteiger partial charge in [0.15, 0.2) is 5.82 Å². The van der Waals surface area contributed by atoms with Gasteiger partial charge in [0.2, 0.25) is 5.89 Å². The molecular weight excluding hydrogens is 309 g/mol. The van der Waals surface area contributed by atoms with Gasteiger partial charge in [-0.1, -0.05) is 40.8 Å². The summed E-state index contributed by atoms with van der Waals surface area (Å²) in [5.74, 6) is 1.57. The third kappa shape index (κ3) is 3.39. The molecule has 2 aromatic rings. The van der Waals surface area contributed by atoms with E-state index in [0.29, 0.717) is 28.2 Å². The number of nitrogens with zero attached hydrogens (tertiary/aromatic N) is 2. The van der Waals surface area contributed by atoms with E-state index < -0.39 is 0 Å². The summed E-state index contributed by atoms with van der Waals surface area (Å²) >= 11 is 12.3. The fraction of sp³-hybridized carbons (Fsp3) is 0.467. The largest absolute Gasteiger partial charge is 0.339 e. The predicted molar refractivity (Wildman–Crippen MR) is 82.8 cm³/mol. The van der Waals surface area contributed by atoms with E-state index in [1.165, 1.54) is 0 Å². The molecule has 2 N–H and O–H groups in total. The summed E-state index contributed by atoms with van der Waals surface area (Å²) in [6.07, 6.45) is 4.63. The van der Waals surface area contributed by atoms with Crippen molar-refractivity contribution < 1.29 is 4.52 Å². The van der Waals surface area contributed by atoms with E-state index in [-0.39, 0.29) is 12.0 Å². The van der Waals surface area contributed by atoms with Crippen molar-refractivity contribution in [3.8, 4) is 0 Å². The van der Waals surface area contributed by atoms with Gasteiger partial charge in [0.25, 0.3) is 0 Å². The van der Waals surface area contributed by atoms with Gasteiger partial charge >= 0.3 is 0 Å². The third-order valence-corrected chi connectivity index (χ3v) is 4.65. The predicted octanol–water partition coefficient (Wildman–Crippen LogP) is 3.95. The lowest BCUT2D eigenvalue weighted by atomic mass is 9.86. The molecule has 1 fully saturated rings. The first-order valence-electron chi connectivity index (χ1n) is 7.14. The van der Waals surface area contributed by atoms with Gasteiger partial charge in [-0.15, -0.1) is 0 Å². The summed E-state index contributed by atoms with van der Waals surface area (Å²) in [6.45, 7) is 0. The lowest BCUT2D eigenvalue weighted by molar-refractivity contribution is 0.297. The quantitative estimate of drug-likeness (QED) is 0.927. The van der Waals surface area contributed by atoms with Crippen molar-refractivity contribution >= 4 is 23.2 Å². The van der Waals surface area contributed by atoms with Crippen LogP contribution in [0.25, 0.3) is 0 Å². The highest BCUT2D eigenvalue weighted by molar-refractivity contribution is 6.36. The second-order valence-electron chi connectivity index (χ2n) is 5.55. The van der Waals surface area contributed by atoms with Crippen LogP contribution in [0.15, 0.2) is 22.7 Å². The van der Waals surface area contributed by atoms with E-state index in [9.17, 15) is 0 Å². The first-order valence-corrected chi connectivity index (χ1v) is 7.90. The number of rotatable bonds is 3. The van der Waals surface area contributed by atoms with Crippen molar-refractivity contribution in [3.63, 3.8) is 0 Å². The van der Waals surface area contributed by atoms with Gasteiger partial charge in [-0.05, 0) is 37.0 Å². The minimum absolute atomic E-state index is 0.233. The topological polar surface area (TPSA) is 64.9 Å². The van der Waals surface area contributed by atoms with Gasteiger partial charge in [-0.2, -0.15) is 4.98 Å². The summed E-state index contributed by atoms with van der Waals surface area (Å²) in [6, 6.07) is 5.67. The molecule has 1 heterocycles. The van der Waals surface area contributed by atoms with Gasteiger partial charge in [0, 0.05) is 28.4 Å². The van der Waals surface area contributed by atoms with E-state index >= 15 is 0 Å². The molecular formula is C15H17Cl2N3O. The van der Waals surface area contributed by atoms with Crippen molar-refractivity contribution in [1.29, 1.82) is 0 Å². The molecule has 2 atom stereocenters.